The Balaban J connectivity index is 1.71. The van der Waals surface area contributed by atoms with Gasteiger partial charge >= 0.3 is 0 Å². The molecule has 0 aliphatic rings. The van der Waals surface area contributed by atoms with E-state index in [2.05, 4.69) is 5.32 Å². The van der Waals surface area contributed by atoms with Gasteiger partial charge in [-0.1, -0.05) is 29.8 Å². The number of halogens is 1. The summed E-state index contributed by atoms with van der Waals surface area (Å²) in [6.45, 7) is 2.01. The highest BCUT2D eigenvalue weighted by atomic mass is 35.5. The lowest BCUT2D eigenvalue weighted by atomic mass is 10.2. The van der Waals surface area contributed by atoms with Crippen LogP contribution in [0.3, 0.4) is 0 Å². The number of amides is 1. The molecule has 1 atom stereocenters. The minimum Gasteiger partial charge on any atom is -0.348 e. The molecular weight excluding hydrogens is 310 g/mol. The fourth-order valence-electron chi connectivity index (χ4n) is 1.73. The SMILES string of the molecule is C[C@H](NC(=O)CSCc1ccc(Cl)cc1)c1cccs1. The third kappa shape index (κ3) is 4.85. The number of nitrogens with one attached hydrogen (secondary N) is 1. The van der Waals surface area contributed by atoms with Crippen LogP contribution in [-0.4, -0.2) is 11.7 Å². The van der Waals surface area contributed by atoms with E-state index in [0.29, 0.717) is 5.75 Å². The number of hydrogen-bond donors (Lipinski definition) is 1. The Hall–Kier alpha value is -0.970. The van der Waals surface area contributed by atoms with Crippen molar-refractivity contribution in [2.45, 2.75) is 18.7 Å². The molecule has 0 saturated heterocycles. The Kier molecular flexibility index (Phi) is 5.95. The molecular formula is C15H16ClNOS2. The minimum atomic E-state index is 0.0739. The van der Waals surface area contributed by atoms with Gasteiger partial charge < -0.3 is 5.32 Å². The van der Waals surface area contributed by atoms with Gasteiger partial charge in [-0.3, -0.25) is 4.79 Å². The first-order valence-electron chi connectivity index (χ1n) is 6.30. The van der Waals surface area contributed by atoms with E-state index in [0.717, 1.165) is 10.8 Å². The molecule has 2 aromatic rings. The van der Waals surface area contributed by atoms with Crippen LogP contribution in [0, 0.1) is 0 Å². The van der Waals surface area contributed by atoms with E-state index in [1.165, 1.54) is 10.4 Å². The van der Waals surface area contributed by atoms with Crippen LogP contribution in [0.2, 0.25) is 5.02 Å². The number of hydrogen-bond acceptors (Lipinski definition) is 3. The first-order chi connectivity index (χ1) is 9.65. The zero-order valence-corrected chi connectivity index (χ0v) is 13.5. The van der Waals surface area contributed by atoms with E-state index in [-0.39, 0.29) is 11.9 Å². The molecule has 5 heteroatoms. The summed E-state index contributed by atoms with van der Waals surface area (Å²) >= 11 is 9.10. The van der Waals surface area contributed by atoms with Gasteiger partial charge in [0.05, 0.1) is 11.8 Å². The molecule has 2 rings (SSSR count). The summed E-state index contributed by atoms with van der Waals surface area (Å²) < 4.78 is 0. The van der Waals surface area contributed by atoms with Gasteiger partial charge in [0.2, 0.25) is 5.91 Å². The van der Waals surface area contributed by atoms with Crippen LogP contribution < -0.4 is 5.32 Å². The Bertz CT molecular complexity index is 540. The summed E-state index contributed by atoms with van der Waals surface area (Å²) in [4.78, 5) is 13.0. The minimum absolute atomic E-state index is 0.0739. The highest BCUT2D eigenvalue weighted by molar-refractivity contribution is 7.99. The average molecular weight is 326 g/mol. The van der Waals surface area contributed by atoms with E-state index >= 15 is 0 Å². The Morgan fingerprint density at radius 2 is 2.10 bits per heavy atom. The van der Waals surface area contributed by atoms with Gasteiger partial charge in [-0.05, 0) is 36.1 Å². The number of rotatable bonds is 6. The van der Waals surface area contributed by atoms with Gasteiger partial charge in [0.25, 0.3) is 0 Å². The molecule has 0 bridgehead atoms. The van der Waals surface area contributed by atoms with Crippen LogP contribution in [-0.2, 0) is 10.5 Å². The number of benzene rings is 1. The molecule has 1 N–H and O–H groups in total. The molecule has 0 saturated carbocycles. The van der Waals surface area contributed by atoms with Crippen LogP contribution in [0.4, 0.5) is 0 Å². The fourth-order valence-corrected chi connectivity index (χ4v) is 3.39. The van der Waals surface area contributed by atoms with Gasteiger partial charge in [0.15, 0.2) is 0 Å². The van der Waals surface area contributed by atoms with Crippen LogP contribution in [0.1, 0.15) is 23.4 Å². The molecule has 0 aliphatic carbocycles. The van der Waals surface area contributed by atoms with Gasteiger partial charge in [-0.2, -0.15) is 0 Å². The average Bonchev–Trinajstić information content (AvgIpc) is 2.95. The highest BCUT2D eigenvalue weighted by Crippen LogP contribution is 2.19. The maximum atomic E-state index is 11.8. The second-order valence-electron chi connectivity index (χ2n) is 4.42. The number of carbonyl (C=O) groups excluding carboxylic acids is 1. The summed E-state index contributed by atoms with van der Waals surface area (Å²) in [5.74, 6) is 1.36. The normalized spacial score (nSPS) is 12.1. The molecule has 1 heterocycles. The van der Waals surface area contributed by atoms with E-state index in [1.54, 1.807) is 23.1 Å². The summed E-state index contributed by atoms with van der Waals surface area (Å²) in [5, 5.41) is 5.77. The summed E-state index contributed by atoms with van der Waals surface area (Å²) in [5.41, 5.74) is 1.18. The van der Waals surface area contributed by atoms with E-state index < -0.39 is 0 Å². The second kappa shape index (κ2) is 7.72. The van der Waals surface area contributed by atoms with Crippen LogP contribution in [0.5, 0.6) is 0 Å². The van der Waals surface area contributed by atoms with E-state index in [9.17, 15) is 4.79 Å². The first kappa shape index (κ1) is 15.4. The maximum absolute atomic E-state index is 11.8. The standard InChI is InChI=1S/C15H16ClNOS2/c1-11(14-3-2-8-20-14)17-15(18)10-19-9-12-4-6-13(16)7-5-12/h2-8,11H,9-10H2,1H3,(H,17,18)/t11-/m0/s1. The molecule has 106 valence electrons. The van der Waals surface area contributed by atoms with Crippen molar-refractivity contribution in [1.29, 1.82) is 0 Å². The van der Waals surface area contributed by atoms with Gasteiger partial charge in [0, 0.05) is 15.7 Å². The molecule has 1 aromatic heterocycles. The number of thiophene rings is 1. The smallest absolute Gasteiger partial charge is 0.230 e. The third-order valence-corrected chi connectivity index (χ3v) is 5.07. The van der Waals surface area contributed by atoms with Crippen molar-refractivity contribution in [3.8, 4) is 0 Å². The molecule has 0 fully saturated rings. The predicted molar refractivity (Wildman–Crippen MR) is 88.5 cm³/mol. The van der Waals surface area contributed by atoms with Crippen molar-refractivity contribution in [3.63, 3.8) is 0 Å². The van der Waals surface area contributed by atoms with E-state index in [4.69, 9.17) is 11.6 Å². The Labute approximate surface area is 132 Å². The maximum Gasteiger partial charge on any atom is 0.230 e. The number of thioether (sulfide) groups is 1. The van der Waals surface area contributed by atoms with Crippen molar-refractivity contribution in [2.75, 3.05) is 5.75 Å². The lowest BCUT2D eigenvalue weighted by Crippen LogP contribution is -2.27. The lowest BCUT2D eigenvalue weighted by molar-refractivity contribution is -0.119. The van der Waals surface area contributed by atoms with Crippen LogP contribution >= 0.6 is 34.7 Å². The molecule has 0 unspecified atom stereocenters. The highest BCUT2D eigenvalue weighted by Gasteiger charge is 2.10. The molecule has 0 aliphatic heterocycles. The second-order valence-corrected chi connectivity index (χ2v) is 6.83. The number of carbonyl (C=O) groups is 1. The fraction of sp³-hybridized carbons (Fsp3) is 0.267. The van der Waals surface area contributed by atoms with E-state index in [1.807, 2.05) is 48.7 Å². The van der Waals surface area contributed by atoms with Crippen LogP contribution in [0.25, 0.3) is 0 Å². The Morgan fingerprint density at radius 1 is 1.35 bits per heavy atom. The zero-order chi connectivity index (χ0) is 14.4. The van der Waals surface area contributed by atoms with Crippen molar-refractivity contribution < 1.29 is 4.79 Å². The van der Waals surface area contributed by atoms with Crippen molar-refractivity contribution >= 4 is 40.6 Å². The summed E-state index contributed by atoms with van der Waals surface area (Å²) in [6.07, 6.45) is 0. The molecule has 0 radical (unpaired) electrons. The quantitative estimate of drug-likeness (QED) is 0.846. The zero-order valence-electron chi connectivity index (χ0n) is 11.1. The Morgan fingerprint density at radius 3 is 2.75 bits per heavy atom. The molecule has 1 aromatic carbocycles. The van der Waals surface area contributed by atoms with Gasteiger partial charge in [-0.15, -0.1) is 23.1 Å². The van der Waals surface area contributed by atoms with Gasteiger partial charge in [-0.25, -0.2) is 0 Å². The third-order valence-electron chi connectivity index (χ3n) is 2.76. The lowest BCUT2D eigenvalue weighted by Gasteiger charge is -2.11. The first-order valence-corrected chi connectivity index (χ1v) is 8.71. The predicted octanol–water partition coefficient (Wildman–Crippen LogP) is 4.51. The largest absolute Gasteiger partial charge is 0.348 e. The monoisotopic (exact) mass is 325 g/mol. The molecule has 20 heavy (non-hydrogen) atoms. The summed E-state index contributed by atoms with van der Waals surface area (Å²) in [7, 11) is 0. The van der Waals surface area contributed by atoms with Crippen molar-refractivity contribution in [3.05, 3.63) is 57.2 Å². The van der Waals surface area contributed by atoms with Crippen molar-refractivity contribution in [2.24, 2.45) is 0 Å². The molecule has 2 nitrogen and oxygen atoms in total. The topological polar surface area (TPSA) is 29.1 Å². The van der Waals surface area contributed by atoms with Crippen molar-refractivity contribution in [1.82, 2.24) is 5.32 Å². The van der Waals surface area contributed by atoms with Gasteiger partial charge in [0.1, 0.15) is 0 Å². The van der Waals surface area contributed by atoms with Crippen LogP contribution in [0.15, 0.2) is 41.8 Å². The molecule has 0 spiro atoms. The summed E-state index contributed by atoms with van der Waals surface area (Å²) in [6, 6.07) is 11.8. The molecule has 1 amide bonds.